The van der Waals surface area contributed by atoms with Crippen LogP contribution in [0, 0.1) is 0 Å². The molecule has 19 heavy (non-hydrogen) atoms. The number of hydrogen-bond acceptors (Lipinski definition) is 5. The van der Waals surface area contributed by atoms with E-state index >= 15 is 0 Å². The molecule has 1 rings (SSSR count). The summed E-state index contributed by atoms with van der Waals surface area (Å²) in [7, 11) is 0.743. The van der Waals surface area contributed by atoms with Crippen LogP contribution in [0.15, 0.2) is 0 Å². The lowest BCUT2D eigenvalue weighted by Crippen LogP contribution is -2.46. The van der Waals surface area contributed by atoms with Gasteiger partial charge < -0.3 is 10.2 Å². The molecule has 1 saturated heterocycles. The number of likely N-dealkylation sites (N-methyl/N-ethyl adjacent to an activating group) is 2. The summed E-state index contributed by atoms with van der Waals surface area (Å²) in [6.07, 6.45) is 0. The Balaban J connectivity index is 0. The molecule has 0 saturated carbocycles. The largest absolute Gasteiger partial charge is 0.343 e. The van der Waals surface area contributed by atoms with Crippen molar-refractivity contribution in [3.05, 3.63) is 0 Å². The topological polar surface area (TPSA) is 69.7 Å². The molecule has 0 bridgehead atoms. The molecule has 116 valence electrons. The fraction of sp³-hybridized carbons (Fsp3) is 0.900. The zero-order valence-electron chi connectivity index (χ0n) is 11.3. The maximum absolute atomic E-state index is 11.8. The number of nitrogens with one attached hydrogen (secondary N) is 1. The van der Waals surface area contributed by atoms with E-state index in [1.807, 2.05) is 11.9 Å². The summed E-state index contributed by atoms with van der Waals surface area (Å²) in [5, 5.41) is 2.98. The minimum Gasteiger partial charge on any atom is -0.343 e. The minimum absolute atomic E-state index is 0. The average molecular weight is 336 g/mol. The molecule has 1 heterocycles. The van der Waals surface area contributed by atoms with E-state index in [0.29, 0.717) is 26.2 Å². The Morgan fingerprint density at radius 2 is 1.79 bits per heavy atom. The molecule has 0 spiro atoms. The first-order valence-corrected chi connectivity index (χ1v) is 7.58. The fourth-order valence-electron chi connectivity index (χ4n) is 1.62. The van der Waals surface area contributed by atoms with Crippen LogP contribution < -0.4 is 5.32 Å². The summed E-state index contributed by atoms with van der Waals surface area (Å²) in [6, 6.07) is 0. The first-order valence-electron chi connectivity index (χ1n) is 5.76. The molecular formula is C10H23Cl2N3O3S. The molecule has 6 nitrogen and oxygen atoms in total. The van der Waals surface area contributed by atoms with Gasteiger partial charge >= 0.3 is 0 Å². The second-order valence-electron chi connectivity index (χ2n) is 4.35. The number of carbonyl (C=O) groups is 1. The lowest BCUT2D eigenvalue weighted by atomic mass is 10.4. The maximum atomic E-state index is 11.8. The highest BCUT2D eigenvalue weighted by Gasteiger charge is 2.23. The lowest BCUT2D eigenvalue weighted by molar-refractivity contribution is -0.131. The van der Waals surface area contributed by atoms with Crippen molar-refractivity contribution in [3.8, 4) is 0 Å². The number of carbonyl (C=O) groups excluding carboxylic acids is 1. The zero-order chi connectivity index (χ0) is 12.9. The number of sulfone groups is 1. The highest BCUT2D eigenvalue weighted by Crippen LogP contribution is 2.03. The van der Waals surface area contributed by atoms with Gasteiger partial charge in [0.1, 0.15) is 0 Å². The second-order valence-corrected chi connectivity index (χ2v) is 6.65. The number of hydrogen-bond donors (Lipinski definition) is 1. The van der Waals surface area contributed by atoms with E-state index in [1.54, 1.807) is 11.9 Å². The molecule has 1 amide bonds. The number of amides is 1. The third kappa shape index (κ3) is 7.94. The van der Waals surface area contributed by atoms with Gasteiger partial charge in [0.05, 0.1) is 18.1 Å². The third-order valence-corrected chi connectivity index (χ3v) is 4.53. The Labute approximate surface area is 127 Å². The van der Waals surface area contributed by atoms with Gasteiger partial charge in [-0.1, -0.05) is 0 Å². The molecule has 0 aliphatic carbocycles. The average Bonchev–Trinajstić information content (AvgIpc) is 2.28. The van der Waals surface area contributed by atoms with Gasteiger partial charge in [-0.05, 0) is 7.05 Å². The van der Waals surface area contributed by atoms with Crippen molar-refractivity contribution in [2.75, 3.05) is 58.3 Å². The van der Waals surface area contributed by atoms with Gasteiger partial charge in [-0.25, -0.2) is 8.42 Å². The van der Waals surface area contributed by atoms with Crippen molar-refractivity contribution in [1.29, 1.82) is 0 Å². The minimum atomic E-state index is -2.86. The van der Waals surface area contributed by atoms with Gasteiger partial charge in [-0.3, -0.25) is 9.69 Å². The molecule has 0 unspecified atom stereocenters. The molecule has 0 radical (unpaired) electrons. The molecule has 0 aromatic rings. The van der Waals surface area contributed by atoms with Crippen LogP contribution in [0.1, 0.15) is 0 Å². The SMILES string of the molecule is CNCCN(C)C(=O)CN1CCS(=O)(=O)CC1.Cl.Cl. The Morgan fingerprint density at radius 3 is 2.26 bits per heavy atom. The van der Waals surface area contributed by atoms with E-state index in [1.165, 1.54) is 0 Å². The molecule has 0 atom stereocenters. The van der Waals surface area contributed by atoms with Crippen LogP contribution in [0.4, 0.5) is 0 Å². The number of rotatable bonds is 5. The Bertz CT molecular complexity index is 351. The van der Waals surface area contributed by atoms with Crippen LogP contribution in [-0.4, -0.2) is 82.4 Å². The van der Waals surface area contributed by atoms with Crippen LogP contribution in [0.3, 0.4) is 0 Å². The van der Waals surface area contributed by atoms with E-state index in [2.05, 4.69) is 5.32 Å². The molecule has 1 N–H and O–H groups in total. The van der Waals surface area contributed by atoms with E-state index in [0.717, 1.165) is 6.54 Å². The highest BCUT2D eigenvalue weighted by atomic mass is 35.5. The zero-order valence-corrected chi connectivity index (χ0v) is 13.7. The van der Waals surface area contributed by atoms with Gasteiger partial charge in [-0.2, -0.15) is 0 Å². The van der Waals surface area contributed by atoms with Crippen molar-refractivity contribution in [2.45, 2.75) is 0 Å². The summed E-state index contributed by atoms with van der Waals surface area (Å²) in [4.78, 5) is 15.4. The summed E-state index contributed by atoms with van der Waals surface area (Å²) in [6.45, 7) is 2.68. The van der Waals surface area contributed by atoms with E-state index in [-0.39, 0.29) is 42.2 Å². The highest BCUT2D eigenvalue weighted by molar-refractivity contribution is 7.91. The first-order chi connectivity index (χ1) is 7.94. The van der Waals surface area contributed by atoms with Crippen LogP contribution in [-0.2, 0) is 14.6 Å². The van der Waals surface area contributed by atoms with Crippen molar-refractivity contribution in [2.24, 2.45) is 0 Å². The predicted molar refractivity (Wildman–Crippen MR) is 81.2 cm³/mol. The molecule has 0 aromatic heterocycles. The summed E-state index contributed by atoms with van der Waals surface area (Å²) in [5.41, 5.74) is 0. The molecule has 1 aliphatic rings. The van der Waals surface area contributed by atoms with Crippen LogP contribution >= 0.6 is 24.8 Å². The Kier molecular flexibility index (Phi) is 10.9. The molecule has 9 heteroatoms. The monoisotopic (exact) mass is 335 g/mol. The summed E-state index contributed by atoms with van der Waals surface area (Å²) >= 11 is 0. The van der Waals surface area contributed by atoms with Crippen LogP contribution in [0.25, 0.3) is 0 Å². The van der Waals surface area contributed by atoms with Crippen molar-refractivity contribution < 1.29 is 13.2 Å². The third-order valence-electron chi connectivity index (χ3n) is 2.92. The van der Waals surface area contributed by atoms with E-state index < -0.39 is 9.84 Å². The number of halogens is 2. The first kappa shape index (κ1) is 21.2. The summed E-state index contributed by atoms with van der Waals surface area (Å²) in [5.74, 6) is 0.376. The standard InChI is InChI=1S/C10H21N3O3S.2ClH/c1-11-3-4-12(2)10(14)9-13-5-7-17(15,16)8-6-13;;/h11H,3-9H2,1-2H3;2*1H. The maximum Gasteiger partial charge on any atom is 0.236 e. The van der Waals surface area contributed by atoms with Gasteiger partial charge in [0, 0.05) is 33.2 Å². The van der Waals surface area contributed by atoms with Crippen molar-refractivity contribution in [3.63, 3.8) is 0 Å². The Hall–Kier alpha value is -0.0800. The van der Waals surface area contributed by atoms with Crippen molar-refractivity contribution in [1.82, 2.24) is 15.1 Å². The van der Waals surface area contributed by atoms with Crippen molar-refractivity contribution >= 4 is 40.6 Å². The van der Waals surface area contributed by atoms with E-state index in [9.17, 15) is 13.2 Å². The smallest absolute Gasteiger partial charge is 0.236 e. The molecule has 0 aromatic carbocycles. The lowest BCUT2D eigenvalue weighted by Gasteiger charge is -2.27. The van der Waals surface area contributed by atoms with Gasteiger partial charge in [0.25, 0.3) is 0 Å². The van der Waals surface area contributed by atoms with Crippen LogP contribution in [0.2, 0.25) is 0 Å². The number of nitrogens with zero attached hydrogens (tertiary/aromatic N) is 2. The molecule has 1 fully saturated rings. The fourth-order valence-corrected chi connectivity index (χ4v) is 2.90. The quantitative estimate of drug-likeness (QED) is 0.715. The molecule has 1 aliphatic heterocycles. The normalized spacial score (nSPS) is 18.0. The summed E-state index contributed by atoms with van der Waals surface area (Å²) < 4.78 is 22.5. The van der Waals surface area contributed by atoms with Gasteiger partial charge in [0.2, 0.25) is 5.91 Å². The predicted octanol–water partition coefficient (Wildman–Crippen LogP) is -0.762. The van der Waals surface area contributed by atoms with Gasteiger partial charge in [-0.15, -0.1) is 24.8 Å². The Morgan fingerprint density at radius 1 is 1.26 bits per heavy atom. The van der Waals surface area contributed by atoms with Gasteiger partial charge in [0.15, 0.2) is 9.84 Å². The second kappa shape index (κ2) is 9.77. The van der Waals surface area contributed by atoms with E-state index in [4.69, 9.17) is 0 Å². The van der Waals surface area contributed by atoms with Crippen LogP contribution in [0.5, 0.6) is 0 Å². The molecular weight excluding hydrogens is 313 g/mol.